The maximum absolute atomic E-state index is 15.0. The molecule has 2 fully saturated rings. The van der Waals surface area contributed by atoms with Crippen molar-refractivity contribution in [2.75, 3.05) is 12.8 Å². The lowest BCUT2D eigenvalue weighted by molar-refractivity contribution is 0.397. The maximum Gasteiger partial charge on any atom is 0.209 e. The monoisotopic (exact) mass is 406 g/mol. The van der Waals surface area contributed by atoms with Gasteiger partial charge in [-0.1, -0.05) is 30.3 Å². The molecule has 2 aromatic rings. The van der Waals surface area contributed by atoms with E-state index in [1.165, 1.54) is 12.1 Å². The van der Waals surface area contributed by atoms with Gasteiger partial charge in [0.15, 0.2) is 0 Å². The number of rotatable bonds is 6. The van der Waals surface area contributed by atoms with Crippen molar-refractivity contribution in [3.63, 3.8) is 0 Å². The smallest absolute Gasteiger partial charge is 0.209 e. The number of hydrogen-bond donors (Lipinski definition) is 2. The van der Waals surface area contributed by atoms with Gasteiger partial charge in [0.2, 0.25) is 10.0 Å². The third kappa shape index (κ3) is 3.97. The zero-order valence-electron chi connectivity index (χ0n) is 15.7. The molecule has 2 N–H and O–H groups in total. The van der Waals surface area contributed by atoms with Gasteiger partial charge >= 0.3 is 0 Å². The minimum Gasteiger partial charge on any atom is -0.312 e. The first-order chi connectivity index (χ1) is 13.3. The molecule has 4 nitrogen and oxygen atoms in total. The van der Waals surface area contributed by atoms with E-state index in [0.717, 1.165) is 25.6 Å². The topological polar surface area (TPSA) is 58.2 Å². The van der Waals surface area contributed by atoms with Crippen LogP contribution in [0, 0.1) is 17.0 Å². The number of aryl methyl sites for hydroxylation is 1. The molecule has 28 heavy (non-hydrogen) atoms. The van der Waals surface area contributed by atoms with Crippen molar-refractivity contribution in [2.45, 2.75) is 37.8 Å². The molecule has 0 radical (unpaired) electrons. The Balaban J connectivity index is 1.54. The molecule has 1 saturated carbocycles. The number of sulfonamides is 1. The second kappa shape index (κ2) is 7.21. The average Bonchev–Trinajstić information content (AvgIpc) is 3.36. The van der Waals surface area contributed by atoms with Gasteiger partial charge in [-0.05, 0) is 48.9 Å². The van der Waals surface area contributed by atoms with Crippen molar-refractivity contribution < 1.29 is 17.2 Å². The largest absolute Gasteiger partial charge is 0.312 e. The van der Waals surface area contributed by atoms with Gasteiger partial charge < -0.3 is 5.32 Å². The molecule has 1 saturated heterocycles. The molecule has 1 spiro atoms. The summed E-state index contributed by atoms with van der Waals surface area (Å²) in [6.07, 6.45) is 3.99. The van der Waals surface area contributed by atoms with Gasteiger partial charge in [-0.3, -0.25) is 0 Å². The zero-order valence-corrected chi connectivity index (χ0v) is 16.5. The summed E-state index contributed by atoms with van der Waals surface area (Å²) in [5, 5.41) is 3.39. The second-order valence-electron chi connectivity index (χ2n) is 8.05. The van der Waals surface area contributed by atoms with Crippen LogP contribution in [0.1, 0.15) is 24.8 Å². The van der Waals surface area contributed by atoms with Crippen molar-refractivity contribution in [1.29, 1.82) is 0 Å². The van der Waals surface area contributed by atoms with E-state index in [9.17, 15) is 12.8 Å². The highest BCUT2D eigenvalue weighted by molar-refractivity contribution is 7.88. The van der Waals surface area contributed by atoms with Crippen LogP contribution < -0.4 is 10.0 Å². The van der Waals surface area contributed by atoms with Crippen LogP contribution in [0.25, 0.3) is 11.1 Å². The lowest BCUT2D eigenvalue weighted by Crippen LogP contribution is -2.46. The molecular formula is C21H24F2N2O2S. The first-order valence-electron chi connectivity index (χ1n) is 9.51. The Morgan fingerprint density at radius 1 is 1.18 bits per heavy atom. The predicted octanol–water partition coefficient (Wildman–Crippen LogP) is 3.23. The van der Waals surface area contributed by atoms with Crippen LogP contribution in [0.5, 0.6) is 0 Å². The van der Waals surface area contributed by atoms with E-state index in [-0.39, 0.29) is 23.1 Å². The molecule has 2 aliphatic rings. The van der Waals surface area contributed by atoms with Crippen LogP contribution in [0.15, 0.2) is 42.5 Å². The Bertz CT molecular complexity index is 975. The van der Waals surface area contributed by atoms with Crippen molar-refractivity contribution >= 4 is 10.0 Å². The molecule has 0 bridgehead atoms. The van der Waals surface area contributed by atoms with Crippen LogP contribution in [-0.4, -0.2) is 33.3 Å². The highest BCUT2D eigenvalue weighted by Crippen LogP contribution is 2.52. The highest BCUT2D eigenvalue weighted by Gasteiger charge is 2.56. The lowest BCUT2D eigenvalue weighted by Gasteiger charge is -2.24. The molecule has 4 rings (SSSR count). The Morgan fingerprint density at radius 2 is 1.89 bits per heavy atom. The average molecular weight is 406 g/mol. The van der Waals surface area contributed by atoms with Gasteiger partial charge in [-0.2, -0.15) is 0 Å². The summed E-state index contributed by atoms with van der Waals surface area (Å²) in [7, 11) is -3.34. The van der Waals surface area contributed by atoms with Crippen molar-refractivity contribution in [3.8, 4) is 11.1 Å². The first-order valence-corrected chi connectivity index (χ1v) is 11.4. The van der Waals surface area contributed by atoms with E-state index in [1.54, 1.807) is 24.3 Å². The fourth-order valence-electron chi connectivity index (χ4n) is 4.31. The SMILES string of the molecule is CS(=O)(=O)N[C@@H]1[C@H](CCc2cc(F)cc(-c3ccccc3)c2F)NCC12CC2. The normalized spacial score (nSPS) is 23.2. The molecule has 1 aliphatic heterocycles. The maximum atomic E-state index is 15.0. The fourth-order valence-corrected chi connectivity index (χ4v) is 5.19. The summed E-state index contributed by atoms with van der Waals surface area (Å²) in [4.78, 5) is 0. The van der Waals surface area contributed by atoms with E-state index in [4.69, 9.17) is 0 Å². The molecule has 7 heteroatoms. The van der Waals surface area contributed by atoms with Gasteiger partial charge in [-0.15, -0.1) is 0 Å². The third-order valence-electron chi connectivity index (χ3n) is 5.93. The Morgan fingerprint density at radius 3 is 2.54 bits per heavy atom. The number of benzene rings is 2. The molecular weight excluding hydrogens is 382 g/mol. The van der Waals surface area contributed by atoms with Crippen LogP contribution in [-0.2, 0) is 16.4 Å². The van der Waals surface area contributed by atoms with Gasteiger partial charge in [0.25, 0.3) is 0 Å². The van der Waals surface area contributed by atoms with E-state index in [2.05, 4.69) is 10.0 Å². The summed E-state index contributed by atoms with van der Waals surface area (Å²) in [6.45, 7) is 0.756. The number of hydrogen-bond acceptors (Lipinski definition) is 3. The minimum atomic E-state index is -3.34. The summed E-state index contributed by atoms with van der Waals surface area (Å²) < 4.78 is 55.5. The quantitative estimate of drug-likeness (QED) is 0.774. The fraction of sp³-hybridized carbons (Fsp3) is 0.429. The molecule has 0 aromatic heterocycles. The second-order valence-corrected chi connectivity index (χ2v) is 9.83. The Kier molecular flexibility index (Phi) is 5.02. The Hall–Kier alpha value is -1.83. The standard InChI is InChI=1S/C21H24F2N2O2S/c1-28(26,27)25-20-18(24-13-21(20)9-10-21)8-7-15-11-16(22)12-17(19(15)23)14-5-3-2-4-6-14/h2-6,11-12,18,20,24-25H,7-10,13H2,1H3/t18-,20+/m0/s1. The van der Waals surface area contributed by atoms with Crippen LogP contribution in [0.3, 0.4) is 0 Å². The van der Waals surface area contributed by atoms with E-state index < -0.39 is 21.7 Å². The summed E-state index contributed by atoms with van der Waals surface area (Å²) in [5.74, 6) is -0.890. The number of nitrogens with one attached hydrogen (secondary N) is 2. The van der Waals surface area contributed by atoms with Gasteiger partial charge in [0.05, 0.1) is 6.26 Å². The van der Waals surface area contributed by atoms with E-state index in [0.29, 0.717) is 24.0 Å². The van der Waals surface area contributed by atoms with Gasteiger partial charge in [-0.25, -0.2) is 21.9 Å². The first kappa shape index (κ1) is 19.5. The molecule has 0 amide bonds. The zero-order chi connectivity index (χ0) is 19.9. The van der Waals surface area contributed by atoms with Gasteiger partial charge in [0.1, 0.15) is 11.6 Å². The van der Waals surface area contributed by atoms with Crippen LogP contribution in [0.2, 0.25) is 0 Å². The van der Waals surface area contributed by atoms with Crippen molar-refractivity contribution in [1.82, 2.24) is 10.0 Å². The molecule has 1 heterocycles. The Labute approximate surface area is 164 Å². The van der Waals surface area contributed by atoms with Crippen LogP contribution >= 0.6 is 0 Å². The highest BCUT2D eigenvalue weighted by atomic mass is 32.2. The molecule has 0 unspecified atom stereocenters. The van der Waals surface area contributed by atoms with E-state index in [1.807, 2.05) is 6.07 Å². The minimum absolute atomic E-state index is 0.0244. The van der Waals surface area contributed by atoms with Crippen molar-refractivity contribution in [3.05, 3.63) is 59.7 Å². The lowest BCUT2D eigenvalue weighted by atomic mass is 9.92. The third-order valence-corrected chi connectivity index (χ3v) is 6.62. The molecule has 2 aromatic carbocycles. The van der Waals surface area contributed by atoms with Crippen molar-refractivity contribution in [2.24, 2.45) is 5.41 Å². The van der Waals surface area contributed by atoms with E-state index >= 15 is 4.39 Å². The molecule has 1 aliphatic carbocycles. The molecule has 2 atom stereocenters. The van der Waals surface area contributed by atoms with Gasteiger partial charge in [0, 0.05) is 29.6 Å². The summed E-state index contributed by atoms with van der Waals surface area (Å²) in [6, 6.07) is 11.1. The number of halogens is 2. The van der Waals surface area contributed by atoms with Crippen LogP contribution in [0.4, 0.5) is 8.78 Å². The summed E-state index contributed by atoms with van der Waals surface area (Å²) >= 11 is 0. The molecule has 150 valence electrons. The predicted molar refractivity (Wildman–Crippen MR) is 105 cm³/mol. The summed E-state index contributed by atoms with van der Waals surface area (Å²) in [5.41, 5.74) is 1.17.